The zero-order valence-corrected chi connectivity index (χ0v) is 17.0. The molecule has 1 fully saturated rings. The summed E-state index contributed by atoms with van der Waals surface area (Å²) in [6.45, 7) is 0.440. The lowest BCUT2D eigenvalue weighted by atomic mass is 9.68. The number of methoxy groups -OCH3 is 1. The number of anilines is 1. The highest BCUT2D eigenvalue weighted by atomic mass is 16.5. The molecule has 150 valence electrons. The molecule has 0 bridgehead atoms. The van der Waals surface area contributed by atoms with Gasteiger partial charge in [0.2, 0.25) is 5.91 Å². The molecule has 1 aromatic heterocycles. The molecule has 6 heteroatoms. The number of allylic oxidation sites excluding steroid dienone is 1. The van der Waals surface area contributed by atoms with E-state index in [0.717, 1.165) is 16.9 Å². The van der Waals surface area contributed by atoms with Gasteiger partial charge in [-0.05, 0) is 36.6 Å². The lowest BCUT2D eigenvalue weighted by molar-refractivity contribution is -0.125. The Morgan fingerprint density at radius 3 is 2.66 bits per heavy atom. The minimum absolute atomic E-state index is 0.0270. The molecule has 29 heavy (non-hydrogen) atoms. The summed E-state index contributed by atoms with van der Waals surface area (Å²) in [6, 6.07) is 11.6. The summed E-state index contributed by atoms with van der Waals surface area (Å²) in [7, 11) is 5.42. The van der Waals surface area contributed by atoms with Crippen molar-refractivity contribution >= 4 is 17.5 Å². The van der Waals surface area contributed by atoms with Crippen LogP contribution in [0.25, 0.3) is 0 Å². The number of ketones is 1. The molecule has 1 aliphatic carbocycles. The van der Waals surface area contributed by atoms with E-state index in [1.165, 1.54) is 0 Å². The molecule has 2 aromatic rings. The van der Waals surface area contributed by atoms with Crippen LogP contribution in [0.4, 0.5) is 5.82 Å². The summed E-state index contributed by atoms with van der Waals surface area (Å²) in [5.74, 6) is 1.63. The highest BCUT2D eigenvalue weighted by molar-refractivity contribution is 6.10. The number of rotatable bonds is 4. The second-order valence-electron chi connectivity index (χ2n) is 7.91. The highest BCUT2D eigenvalue weighted by Gasteiger charge is 2.54. The molecular weight excluding hydrogens is 366 g/mol. The second kappa shape index (κ2) is 7.35. The first-order valence-electron chi connectivity index (χ1n) is 9.75. The standard InChI is InChI=1S/C23H25N3O3/c1-25(2)15-17-13-23(11-10-20(17)27)19-5-4-12-24-21(19)26(22(23)28)14-16-6-8-18(29-3)9-7-16/h4-9,12,15H,10-11,13-14H2,1-3H3. The Morgan fingerprint density at radius 2 is 1.97 bits per heavy atom. The van der Waals surface area contributed by atoms with Gasteiger partial charge in [0.15, 0.2) is 5.78 Å². The quantitative estimate of drug-likeness (QED) is 0.750. The van der Waals surface area contributed by atoms with E-state index < -0.39 is 5.41 Å². The van der Waals surface area contributed by atoms with Crippen molar-refractivity contribution in [2.75, 3.05) is 26.1 Å². The predicted octanol–water partition coefficient (Wildman–Crippen LogP) is 3.07. The molecule has 0 radical (unpaired) electrons. The molecule has 1 spiro atoms. The van der Waals surface area contributed by atoms with Crippen molar-refractivity contribution in [2.45, 2.75) is 31.2 Å². The smallest absolute Gasteiger partial charge is 0.239 e. The van der Waals surface area contributed by atoms with Crippen LogP contribution in [0.15, 0.2) is 54.4 Å². The summed E-state index contributed by atoms with van der Waals surface area (Å²) in [6.07, 6.45) is 4.87. The van der Waals surface area contributed by atoms with Crippen LogP contribution in [-0.4, -0.2) is 42.8 Å². The first kappa shape index (κ1) is 19.2. The number of hydrogen-bond acceptors (Lipinski definition) is 5. The third-order valence-corrected chi connectivity index (χ3v) is 5.76. The van der Waals surface area contributed by atoms with Crippen LogP contribution in [0.1, 0.15) is 30.4 Å². The minimum Gasteiger partial charge on any atom is -0.497 e. The third kappa shape index (κ3) is 3.28. The SMILES string of the molecule is COc1ccc(CN2C(=O)C3(CCC(=O)C(=CN(C)C)C3)c3cccnc32)cc1. The fraction of sp³-hybridized carbons (Fsp3) is 0.348. The van der Waals surface area contributed by atoms with E-state index in [9.17, 15) is 9.59 Å². The predicted molar refractivity (Wildman–Crippen MR) is 111 cm³/mol. The van der Waals surface area contributed by atoms with E-state index in [4.69, 9.17) is 4.74 Å². The molecule has 2 heterocycles. The number of pyridine rings is 1. The van der Waals surface area contributed by atoms with Gasteiger partial charge in [-0.15, -0.1) is 0 Å². The number of hydrogen-bond donors (Lipinski definition) is 0. The molecule has 0 N–H and O–H groups in total. The van der Waals surface area contributed by atoms with Gasteiger partial charge in [-0.1, -0.05) is 18.2 Å². The number of amides is 1. The number of fused-ring (bicyclic) bond motifs is 2. The van der Waals surface area contributed by atoms with Gasteiger partial charge in [-0.25, -0.2) is 4.98 Å². The number of carbonyl (C=O) groups is 2. The van der Waals surface area contributed by atoms with Crippen molar-refractivity contribution in [2.24, 2.45) is 0 Å². The molecule has 6 nitrogen and oxygen atoms in total. The van der Waals surface area contributed by atoms with E-state index in [0.29, 0.717) is 37.2 Å². The van der Waals surface area contributed by atoms with Crippen LogP contribution in [0.3, 0.4) is 0 Å². The van der Waals surface area contributed by atoms with Crippen molar-refractivity contribution in [1.82, 2.24) is 9.88 Å². The van der Waals surface area contributed by atoms with Gasteiger partial charge in [0.05, 0.1) is 19.1 Å². The molecular formula is C23H25N3O3. The van der Waals surface area contributed by atoms with E-state index in [-0.39, 0.29) is 11.7 Å². The summed E-state index contributed by atoms with van der Waals surface area (Å²) in [5, 5.41) is 0. The van der Waals surface area contributed by atoms with Gasteiger partial charge in [0.25, 0.3) is 0 Å². The van der Waals surface area contributed by atoms with Crippen LogP contribution in [0.5, 0.6) is 5.75 Å². The van der Waals surface area contributed by atoms with Gasteiger partial charge in [-0.3, -0.25) is 14.5 Å². The van der Waals surface area contributed by atoms with Crippen LogP contribution in [0.2, 0.25) is 0 Å². The Labute approximate surface area is 170 Å². The maximum atomic E-state index is 13.7. The highest BCUT2D eigenvalue weighted by Crippen LogP contribution is 2.50. The van der Waals surface area contributed by atoms with Crippen LogP contribution >= 0.6 is 0 Å². The molecule has 1 aromatic carbocycles. The second-order valence-corrected chi connectivity index (χ2v) is 7.91. The number of ether oxygens (including phenoxy) is 1. The number of Topliss-reactive ketones (excluding diaryl/α,β-unsaturated/α-hetero) is 1. The summed E-state index contributed by atoms with van der Waals surface area (Å²) >= 11 is 0. The van der Waals surface area contributed by atoms with Crippen LogP contribution in [-0.2, 0) is 21.5 Å². The van der Waals surface area contributed by atoms with Crippen molar-refractivity contribution < 1.29 is 14.3 Å². The van der Waals surface area contributed by atoms with E-state index in [1.54, 1.807) is 18.2 Å². The monoisotopic (exact) mass is 391 g/mol. The van der Waals surface area contributed by atoms with Crippen molar-refractivity contribution in [3.05, 3.63) is 65.5 Å². The van der Waals surface area contributed by atoms with Crippen molar-refractivity contribution in [3.8, 4) is 5.75 Å². The van der Waals surface area contributed by atoms with Gasteiger partial charge in [0.1, 0.15) is 11.6 Å². The molecule has 2 aliphatic rings. The zero-order chi connectivity index (χ0) is 20.6. The number of nitrogens with zero attached hydrogens (tertiary/aromatic N) is 3. The van der Waals surface area contributed by atoms with Gasteiger partial charge < -0.3 is 9.64 Å². The van der Waals surface area contributed by atoms with E-state index >= 15 is 0 Å². The Hall–Kier alpha value is -3.15. The normalized spacial score (nSPS) is 22.3. The minimum atomic E-state index is -0.716. The first-order chi connectivity index (χ1) is 13.9. The Kier molecular flexibility index (Phi) is 4.86. The number of aromatic nitrogens is 1. The van der Waals surface area contributed by atoms with Gasteiger partial charge >= 0.3 is 0 Å². The fourth-order valence-corrected chi connectivity index (χ4v) is 4.36. The Morgan fingerprint density at radius 1 is 1.21 bits per heavy atom. The molecule has 1 unspecified atom stereocenters. The maximum Gasteiger partial charge on any atom is 0.239 e. The van der Waals surface area contributed by atoms with Gasteiger partial charge in [-0.2, -0.15) is 0 Å². The Balaban J connectivity index is 1.72. The lowest BCUT2D eigenvalue weighted by Gasteiger charge is -2.33. The molecule has 1 saturated carbocycles. The van der Waals surface area contributed by atoms with Gasteiger partial charge in [0, 0.05) is 44.0 Å². The number of carbonyl (C=O) groups excluding carboxylic acids is 2. The topological polar surface area (TPSA) is 62.7 Å². The van der Waals surface area contributed by atoms with E-state index in [1.807, 2.05) is 61.6 Å². The van der Waals surface area contributed by atoms with Crippen LogP contribution in [0, 0.1) is 0 Å². The van der Waals surface area contributed by atoms with Crippen LogP contribution < -0.4 is 9.64 Å². The summed E-state index contributed by atoms with van der Waals surface area (Å²) in [4.78, 5) is 34.4. The molecule has 4 rings (SSSR count). The number of benzene rings is 1. The summed E-state index contributed by atoms with van der Waals surface area (Å²) in [5.41, 5.74) is 1.92. The van der Waals surface area contributed by atoms with Crippen molar-refractivity contribution in [3.63, 3.8) is 0 Å². The first-order valence-corrected chi connectivity index (χ1v) is 9.75. The average molecular weight is 391 g/mol. The maximum absolute atomic E-state index is 13.7. The fourth-order valence-electron chi connectivity index (χ4n) is 4.36. The average Bonchev–Trinajstić information content (AvgIpc) is 2.94. The molecule has 0 saturated heterocycles. The zero-order valence-electron chi connectivity index (χ0n) is 17.0. The van der Waals surface area contributed by atoms with E-state index in [2.05, 4.69) is 4.98 Å². The largest absolute Gasteiger partial charge is 0.497 e. The molecule has 1 aliphatic heterocycles. The summed E-state index contributed by atoms with van der Waals surface area (Å²) < 4.78 is 5.23. The molecule has 1 atom stereocenters. The lowest BCUT2D eigenvalue weighted by Crippen LogP contribution is -2.43. The Bertz CT molecular complexity index is 981. The van der Waals surface area contributed by atoms with Crippen molar-refractivity contribution in [1.29, 1.82) is 0 Å². The molecule has 1 amide bonds. The third-order valence-electron chi connectivity index (χ3n) is 5.76.